The van der Waals surface area contributed by atoms with Gasteiger partial charge in [0.15, 0.2) is 0 Å². The Kier molecular flexibility index (Phi) is 10.1. The van der Waals surface area contributed by atoms with Crippen molar-refractivity contribution in [2.75, 3.05) is 32.7 Å². The molecular weight excluding hydrogens is 561 g/mol. The highest BCUT2D eigenvalue weighted by atomic mass is 32.2. The van der Waals surface area contributed by atoms with Crippen LogP contribution in [0.25, 0.3) is 0 Å². The third-order valence-corrected chi connectivity index (χ3v) is 9.42. The van der Waals surface area contributed by atoms with Gasteiger partial charge in [0, 0.05) is 51.3 Å². The number of hydrogen-bond donors (Lipinski definition) is 3. The van der Waals surface area contributed by atoms with Gasteiger partial charge in [0.2, 0.25) is 21.8 Å². The van der Waals surface area contributed by atoms with Crippen molar-refractivity contribution in [3.05, 3.63) is 65.5 Å². The smallest absolute Gasteiger partial charge is 0.246 e. The molecule has 2 aliphatic heterocycles. The van der Waals surface area contributed by atoms with Crippen LogP contribution in [0.1, 0.15) is 31.7 Å². The zero-order chi connectivity index (χ0) is 29.7. The number of hydrogen-bond acceptors (Lipinski definition) is 6. The van der Waals surface area contributed by atoms with Gasteiger partial charge in [-0.05, 0) is 42.7 Å². The van der Waals surface area contributed by atoms with Crippen molar-refractivity contribution in [2.24, 2.45) is 5.92 Å². The molecule has 41 heavy (non-hydrogen) atoms. The van der Waals surface area contributed by atoms with Crippen LogP contribution in [0.3, 0.4) is 0 Å². The summed E-state index contributed by atoms with van der Waals surface area (Å²) in [6, 6.07) is 5.88. The Labute approximate surface area is 237 Å². The lowest BCUT2D eigenvalue weighted by Gasteiger charge is -2.38. The van der Waals surface area contributed by atoms with E-state index in [0.29, 0.717) is 12.6 Å². The second-order valence-electron chi connectivity index (χ2n) is 10.5. The Balaban J connectivity index is 1.54. The lowest BCUT2D eigenvalue weighted by Crippen LogP contribution is -2.62. The van der Waals surface area contributed by atoms with Crippen LogP contribution in [0, 0.1) is 23.4 Å². The first-order valence-electron chi connectivity index (χ1n) is 13.7. The predicted molar refractivity (Wildman–Crippen MR) is 145 cm³/mol. The Bertz CT molecular complexity index is 1340. The highest BCUT2D eigenvalue weighted by molar-refractivity contribution is 7.89. The maximum atomic E-state index is 14.3. The van der Waals surface area contributed by atoms with E-state index >= 15 is 0 Å². The molecule has 3 N–H and O–H groups in total. The second-order valence-corrected chi connectivity index (χ2v) is 12.4. The molecule has 0 aliphatic carbocycles. The summed E-state index contributed by atoms with van der Waals surface area (Å²) in [5.41, 5.74) is 0.172. The van der Waals surface area contributed by atoms with Gasteiger partial charge in [0.25, 0.3) is 0 Å². The van der Waals surface area contributed by atoms with Crippen LogP contribution < -0.4 is 10.6 Å². The average molecular weight is 597 g/mol. The Hall–Kier alpha value is -3.00. The minimum absolute atomic E-state index is 0.00327. The van der Waals surface area contributed by atoms with Crippen LogP contribution in [0.2, 0.25) is 0 Å². The number of sulfonamides is 1. The molecule has 0 spiro atoms. The van der Waals surface area contributed by atoms with Crippen molar-refractivity contribution in [1.82, 2.24) is 19.8 Å². The number of aliphatic hydroxyl groups is 1. The fraction of sp³-hybridized carbons (Fsp3) is 0.500. The normalized spacial score (nSPS) is 21.6. The third-order valence-electron chi connectivity index (χ3n) is 7.52. The Morgan fingerprint density at radius 3 is 2.54 bits per heavy atom. The first-order valence-corrected chi connectivity index (χ1v) is 15.1. The van der Waals surface area contributed by atoms with E-state index in [1.165, 1.54) is 12.1 Å². The van der Waals surface area contributed by atoms with E-state index in [2.05, 4.69) is 10.6 Å². The SMILES string of the molecule is CCCCN1CC(C(=O)NC(Cc2cc(F)cc(F)c2)[C@H](O)[C@H]2CN(S(=O)(=O)c3ccccc3F)CCN2)CC1=O. The summed E-state index contributed by atoms with van der Waals surface area (Å²) in [6.45, 7) is 2.66. The molecule has 0 aromatic heterocycles. The quantitative estimate of drug-likeness (QED) is 0.364. The van der Waals surface area contributed by atoms with Gasteiger partial charge in [-0.25, -0.2) is 21.6 Å². The summed E-state index contributed by atoms with van der Waals surface area (Å²) in [4.78, 5) is 26.8. The first kappa shape index (κ1) is 30.9. The van der Waals surface area contributed by atoms with Crippen LogP contribution in [0.5, 0.6) is 0 Å². The van der Waals surface area contributed by atoms with Crippen molar-refractivity contribution in [3.63, 3.8) is 0 Å². The fourth-order valence-corrected chi connectivity index (χ4v) is 6.86. The highest BCUT2D eigenvalue weighted by Gasteiger charge is 2.39. The molecule has 2 fully saturated rings. The van der Waals surface area contributed by atoms with Gasteiger partial charge in [-0.15, -0.1) is 0 Å². The molecule has 2 saturated heterocycles. The lowest BCUT2D eigenvalue weighted by atomic mass is 9.94. The summed E-state index contributed by atoms with van der Waals surface area (Å²) < 4.78 is 69.7. The van der Waals surface area contributed by atoms with Crippen LogP contribution in [-0.2, 0) is 26.0 Å². The molecule has 224 valence electrons. The van der Waals surface area contributed by atoms with Crippen molar-refractivity contribution in [3.8, 4) is 0 Å². The standard InChI is InChI=1S/C28H35F3N4O5S/c1-2-3-9-34-16-19(14-26(34)36)28(38)33-23(13-18-11-20(29)15-21(30)12-18)27(37)24-17-35(10-8-32-24)41(39,40)25-7-5-4-6-22(25)31/h4-7,11-12,15,19,23-24,27,32,37H,2-3,8-10,13-14,16-17H2,1H3,(H,33,38)/t19?,23?,24-,27+/m1/s1. The van der Waals surface area contributed by atoms with Crippen molar-refractivity contribution in [2.45, 2.75) is 55.7 Å². The monoisotopic (exact) mass is 596 g/mol. The summed E-state index contributed by atoms with van der Waals surface area (Å²) in [5, 5.41) is 17.2. The van der Waals surface area contributed by atoms with Crippen LogP contribution >= 0.6 is 0 Å². The minimum atomic E-state index is -4.23. The Morgan fingerprint density at radius 2 is 1.85 bits per heavy atom. The molecule has 0 bridgehead atoms. The number of piperazine rings is 1. The van der Waals surface area contributed by atoms with Gasteiger partial charge in [-0.3, -0.25) is 9.59 Å². The van der Waals surface area contributed by atoms with Crippen LogP contribution in [0.15, 0.2) is 47.4 Å². The van der Waals surface area contributed by atoms with Gasteiger partial charge in [-0.1, -0.05) is 25.5 Å². The summed E-state index contributed by atoms with van der Waals surface area (Å²) in [5.74, 6) is -3.87. The molecule has 2 heterocycles. The summed E-state index contributed by atoms with van der Waals surface area (Å²) >= 11 is 0. The molecule has 2 amide bonds. The largest absolute Gasteiger partial charge is 0.389 e. The number of amides is 2. The molecule has 2 aromatic carbocycles. The summed E-state index contributed by atoms with van der Waals surface area (Å²) in [7, 11) is -4.23. The van der Waals surface area contributed by atoms with E-state index in [9.17, 15) is 36.3 Å². The van der Waals surface area contributed by atoms with E-state index in [4.69, 9.17) is 0 Å². The Morgan fingerprint density at radius 1 is 1.15 bits per heavy atom. The number of aliphatic hydroxyl groups excluding tert-OH is 1. The number of carbonyl (C=O) groups is 2. The van der Waals surface area contributed by atoms with E-state index in [-0.39, 0.29) is 50.5 Å². The number of likely N-dealkylation sites (tertiary alicyclic amines) is 1. The minimum Gasteiger partial charge on any atom is -0.389 e. The van der Waals surface area contributed by atoms with Crippen molar-refractivity contribution in [1.29, 1.82) is 0 Å². The molecule has 0 saturated carbocycles. The maximum absolute atomic E-state index is 14.3. The number of carbonyl (C=O) groups excluding carboxylic acids is 2. The molecule has 2 aliphatic rings. The van der Waals surface area contributed by atoms with Crippen molar-refractivity contribution >= 4 is 21.8 Å². The number of rotatable bonds is 11. The lowest BCUT2D eigenvalue weighted by molar-refractivity contribution is -0.129. The summed E-state index contributed by atoms with van der Waals surface area (Å²) in [6.07, 6.45) is 0.115. The number of nitrogens with one attached hydrogen (secondary N) is 2. The zero-order valence-corrected chi connectivity index (χ0v) is 23.5. The van der Waals surface area contributed by atoms with Crippen LogP contribution in [0.4, 0.5) is 13.2 Å². The van der Waals surface area contributed by atoms with Crippen LogP contribution in [-0.4, -0.2) is 85.5 Å². The fourth-order valence-electron chi connectivity index (χ4n) is 5.32. The second kappa shape index (κ2) is 13.3. The van der Waals surface area contributed by atoms with Gasteiger partial charge in [-0.2, -0.15) is 4.31 Å². The van der Waals surface area contributed by atoms with Gasteiger partial charge in [0.1, 0.15) is 22.3 Å². The topological polar surface area (TPSA) is 119 Å². The number of benzene rings is 2. The zero-order valence-electron chi connectivity index (χ0n) is 22.7. The molecule has 4 rings (SSSR count). The molecular formula is C28H35F3N4O5S. The number of unbranched alkanes of at least 4 members (excludes halogenated alkanes) is 1. The maximum Gasteiger partial charge on any atom is 0.246 e. The van der Waals surface area contributed by atoms with E-state index in [1.54, 1.807) is 4.90 Å². The molecule has 9 nitrogen and oxygen atoms in total. The van der Waals surface area contributed by atoms with Crippen molar-refractivity contribution < 1.29 is 36.3 Å². The van der Waals surface area contributed by atoms with E-state index < -0.39 is 62.4 Å². The van der Waals surface area contributed by atoms with Gasteiger partial charge >= 0.3 is 0 Å². The molecule has 2 unspecified atom stereocenters. The number of halogens is 3. The first-order chi connectivity index (χ1) is 19.5. The number of nitrogens with zero attached hydrogens (tertiary/aromatic N) is 2. The predicted octanol–water partition coefficient (Wildman–Crippen LogP) is 1.80. The van der Waals surface area contributed by atoms with Gasteiger partial charge < -0.3 is 20.6 Å². The molecule has 0 radical (unpaired) electrons. The van der Waals surface area contributed by atoms with Gasteiger partial charge in [0.05, 0.1) is 18.1 Å². The average Bonchev–Trinajstić information content (AvgIpc) is 3.31. The molecule has 4 atom stereocenters. The third kappa shape index (κ3) is 7.45. The highest BCUT2D eigenvalue weighted by Crippen LogP contribution is 2.23. The molecule has 13 heteroatoms. The van der Waals surface area contributed by atoms with E-state index in [0.717, 1.165) is 41.4 Å². The van der Waals surface area contributed by atoms with E-state index in [1.807, 2.05) is 6.92 Å². The molecule has 2 aromatic rings.